The molecule has 15 heavy (non-hydrogen) atoms. The normalized spacial score (nSPS) is 14.6. The summed E-state index contributed by atoms with van der Waals surface area (Å²) in [5.41, 5.74) is 4.73. The van der Waals surface area contributed by atoms with Crippen molar-refractivity contribution in [3.05, 3.63) is 29.6 Å². The molecule has 0 bridgehead atoms. The first-order chi connectivity index (χ1) is 6.91. The number of carbonyl (C=O) groups is 1. The maximum absolute atomic E-state index is 13.2. The Hall–Kier alpha value is -1.58. The van der Waals surface area contributed by atoms with Crippen LogP contribution in [0.4, 0.5) is 10.1 Å². The molecule has 82 valence electrons. The number of carboxylic acid groups (broad SMARTS) is 1. The van der Waals surface area contributed by atoms with Crippen LogP contribution in [0.5, 0.6) is 0 Å². The number of nitrogen functional groups attached to an aromatic ring is 1. The number of rotatable bonds is 3. The highest BCUT2D eigenvalue weighted by Gasteiger charge is 2.33. The number of halogens is 1. The minimum Gasteiger partial charge on any atom is -0.481 e. The summed E-state index contributed by atoms with van der Waals surface area (Å²) in [7, 11) is 0. The van der Waals surface area contributed by atoms with Gasteiger partial charge < -0.3 is 10.8 Å². The van der Waals surface area contributed by atoms with Crippen LogP contribution in [0.15, 0.2) is 18.2 Å². The Balaban J connectivity index is 3.25. The Morgan fingerprint density at radius 2 is 2.20 bits per heavy atom. The average molecular weight is 211 g/mol. The Bertz CT molecular complexity index is 392. The molecule has 1 rings (SSSR count). The van der Waals surface area contributed by atoms with Crippen molar-refractivity contribution in [3.63, 3.8) is 0 Å². The largest absolute Gasteiger partial charge is 0.481 e. The third-order valence-electron chi connectivity index (χ3n) is 2.82. The molecule has 0 heterocycles. The second kappa shape index (κ2) is 3.88. The van der Waals surface area contributed by atoms with Crippen LogP contribution in [0.3, 0.4) is 0 Å². The molecular formula is C11H14FNO2. The molecule has 0 saturated heterocycles. The number of carboxylic acids is 1. The second-order valence-corrected chi connectivity index (χ2v) is 3.73. The van der Waals surface area contributed by atoms with Gasteiger partial charge in [0, 0.05) is 0 Å². The van der Waals surface area contributed by atoms with E-state index in [1.807, 2.05) is 0 Å². The van der Waals surface area contributed by atoms with Crippen molar-refractivity contribution >= 4 is 11.7 Å². The molecule has 0 aliphatic heterocycles. The topological polar surface area (TPSA) is 63.3 Å². The zero-order valence-corrected chi connectivity index (χ0v) is 8.75. The van der Waals surface area contributed by atoms with Crippen LogP contribution in [0, 0.1) is 5.82 Å². The monoisotopic (exact) mass is 211 g/mol. The van der Waals surface area contributed by atoms with Gasteiger partial charge in [-0.2, -0.15) is 0 Å². The van der Waals surface area contributed by atoms with E-state index in [1.165, 1.54) is 12.1 Å². The van der Waals surface area contributed by atoms with Crippen molar-refractivity contribution < 1.29 is 14.3 Å². The van der Waals surface area contributed by atoms with Crippen LogP contribution < -0.4 is 5.73 Å². The molecule has 0 spiro atoms. The first kappa shape index (κ1) is 11.5. The molecule has 0 fully saturated rings. The lowest BCUT2D eigenvalue weighted by Crippen LogP contribution is -2.31. The van der Waals surface area contributed by atoms with Gasteiger partial charge in [-0.3, -0.25) is 4.79 Å². The fourth-order valence-corrected chi connectivity index (χ4v) is 1.35. The van der Waals surface area contributed by atoms with E-state index in [1.54, 1.807) is 19.9 Å². The lowest BCUT2D eigenvalue weighted by Gasteiger charge is -2.23. The minimum absolute atomic E-state index is 0.0302. The van der Waals surface area contributed by atoms with Crippen LogP contribution in [-0.2, 0) is 10.2 Å². The molecule has 1 aromatic rings. The molecular weight excluding hydrogens is 197 g/mol. The Morgan fingerprint density at radius 1 is 1.60 bits per heavy atom. The molecule has 0 aliphatic carbocycles. The fraction of sp³-hybridized carbons (Fsp3) is 0.364. The highest BCUT2D eigenvalue weighted by Crippen LogP contribution is 2.29. The summed E-state index contributed by atoms with van der Waals surface area (Å²) >= 11 is 0. The molecule has 4 heteroatoms. The number of anilines is 1. The van der Waals surface area contributed by atoms with Gasteiger partial charge in [0.25, 0.3) is 0 Å². The second-order valence-electron chi connectivity index (χ2n) is 3.73. The molecule has 1 atom stereocenters. The zero-order valence-electron chi connectivity index (χ0n) is 8.75. The fourth-order valence-electron chi connectivity index (χ4n) is 1.35. The van der Waals surface area contributed by atoms with E-state index < -0.39 is 17.2 Å². The quantitative estimate of drug-likeness (QED) is 0.753. The van der Waals surface area contributed by atoms with Crippen LogP contribution in [0.25, 0.3) is 0 Å². The van der Waals surface area contributed by atoms with Crippen molar-refractivity contribution in [1.82, 2.24) is 0 Å². The molecule has 1 unspecified atom stereocenters. The zero-order chi connectivity index (χ0) is 11.6. The van der Waals surface area contributed by atoms with Gasteiger partial charge >= 0.3 is 5.97 Å². The number of nitrogens with two attached hydrogens (primary N) is 1. The Labute approximate surface area is 87.7 Å². The van der Waals surface area contributed by atoms with Crippen molar-refractivity contribution in [2.45, 2.75) is 25.7 Å². The highest BCUT2D eigenvalue weighted by atomic mass is 19.1. The van der Waals surface area contributed by atoms with Crippen LogP contribution >= 0.6 is 0 Å². The maximum Gasteiger partial charge on any atom is 0.313 e. The third kappa shape index (κ3) is 1.93. The summed E-state index contributed by atoms with van der Waals surface area (Å²) < 4.78 is 13.2. The standard InChI is InChI=1S/C11H14FNO2/c1-3-11(2,10(14)15)7-4-5-9(13)8(12)6-7/h4-6H,3,13H2,1-2H3,(H,14,15). The van der Waals surface area contributed by atoms with E-state index in [4.69, 9.17) is 10.8 Å². The lowest BCUT2D eigenvalue weighted by atomic mass is 9.80. The lowest BCUT2D eigenvalue weighted by molar-refractivity contribution is -0.143. The van der Waals surface area contributed by atoms with Crippen molar-refractivity contribution in [3.8, 4) is 0 Å². The molecule has 0 amide bonds. The molecule has 0 radical (unpaired) electrons. The summed E-state index contributed by atoms with van der Waals surface area (Å²) in [4.78, 5) is 11.1. The van der Waals surface area contributed by atoms with E-state index in [-0.39, 0.29) is 5.69 Å². The predicted molar refractivity (Wildman–Crippen MR) is 56.1 cm³/mol. The van der Waals surface area contributed by atoms with Crippen molar-refractivity contribution in [1.29, 1.82) is 0 Å². The number of hydrogen-bond acceptors (Lipinski definition) is 2. The van der Waals surface area contributed by atoms with E-state index in [0.29, 0.717) is 12.0 Å². The van der Waals surface area contributed by atoms with Crippen LogP contribution in [0.2, 0.25) is 0 Å². The summed E-state index contributed by atoms with van der Waals surface area (Å²) in [6.45, 7) is 3.32. The summed E-state index contributed by atoms with van der Waals surface area (Å²) in [6.07, 6.45) is 0.395. The van der Waals surface area contributed by atoms with E-state index >= 15 is 0 Å². The van der Waals surface area contributed by atoms with Crippen molar-refractivity contribution in [2.75, 3.05) is 5.73 Å². The molecule has 3 N–H and O–H groups in total. The molecule has 3 nitrogen and oxygen atoms in total. The first-order valence-electron chi connectivity index (χ1n) is 4.70. The first-order valence-corrected chi connectivity index (χ1v) is 4.70. The Morgan fingerprint density at radius 3 is 2.60 bits per heavy atom. The van der Waals surface area contributed by atoms with Gasteiger partial charge in [0.05, 0.1) is 11.1 Å². The van der Waals surface area contributed by atoms with Gasteiger partial charge in [-0.25, -0.2) is 4.39 Å². The average Bonchev–Trinajstić information content (AvgIpc) is 2.20. The smallest absolute Gasteiger partial charge is 0.313 e. The summed E-state index contributed by atoms with van der Waals surface area (Å²) in [5.74, 6) is -1.54. The van der Waals surface area contributed by atoms with Gasteiger partial charge in [0.2, 0.25) is 0 Å². The summed E-state index contributed by atoms with van der Waals surface area (Å²) in [5, 5.41) is 9.09. The predicted octanol–water partition coefficient (Wildman–Crippen LogP) is 2.16. The minimum atomic E-state index is -1.06. The van der Waals surface area contributed by atoms with Gasteiger partial charge in [0.15, 0.2) is 0 Å². The van der Waals surface area contributed by atoms with Gasteiger partial charge in [0.1, 0.15) is 5.82 Å². The van der Waals surface area contributed by atoms with Crippen LogP contribution in [0.1, 0.15) is 25.8 Å². The molecule has 0 aromatic heterocycles. The van der Waals surface area contributed by atoms with E-state index in [9.17, 15) is 9.18 Å². The van der Waals surface area contributed by atoms with Gasteiger partial charge in [-0.05, 0) is 31.0 Å². The highest BCUT2D eigenvalue weighted by molar-refractivity contribution is 5.80. The maximum atomic E-state index is 13.2. The van der Waals surface area contributed by atoms with Gasteiger partial charge in [-0.1, -0.05) is 13.0 Å². The van der Waals surface area contributed by atoms with E-state index in [0.717, 1.165) is 0 Å². The Kier molecular flexibility index (Phi) is 2.98. The third-order valence-corrected chi connectivity index (χ3v) is 2.82. The number of aliphatic carboxylic acids is 1. The van der Waals surface area contributed by atoms with E-state index in [2.05, 4.69) is 0 Å². The van der Waals surface area contributed by atoms with Crippen molar-refractivity contribution in [2.24, 2.45) is 0 Å². The number of benzene rings is 1. The SMILES string of the molecule is CCC(C)(C(=O)O)c1ccc(N)c(F)c1. The van der Waals surface area contributed by atoms with Crippen LogP contribution in [-0.4, -0.2) is 11.1 Å². The number of hydrogen-bond donors (Lipinski definition) is 2. The van der Waals surface area contributed by atoms with Gasteiger partial charge in [-0.15, -0.1) is 0 Å². The molecule has 0 saturated carbocycles. The summed E-state index contributed by atoms with van der Waals surface area (Å²) in [6, 6.07) is 4.13. The molecule has 1 aromatic carbocycles. The molecule has 0 aliphatic rings.